The minimum atomic E-state index is -0.887. The Morgan fingerprint density at radius 3 is 2.41 bits per heavy atom. The van der Waals surface area contributed by atoms with Gasteiger partial charge in [-0.1, -0.05) is 37.3 Å². The lowest BCUT2D eigenvalue weighted by Gasteiger charge is -2.26. The molecular weight excluding hydrogens is 280 g/mol. The number of amides is 1. The lowest BCUT2D eigenvalue weighted by Crippen LogP contribution is -2.43. The number of carbonyl (C=O) groups is 2. The maximum atomic E-state index is 12.6. The fourth-order valence-electron chi connectivity index (χ4n) is 2.59. The van der Waals surface area contributed by atoms with E-state index in [0.29, 0.717) is 19.1 Å². The van der Waals surface area contributed by atoms with Crippen LogP contribution in [-0.4, -0.2) is 52.5 Å². The summed E-state index contributed by atoms with van der Waals surface area (Å²) in [5, 5.41) is 8.95. The molecule has 0 saturated heterocycles. The van der Waals surface area contributed by atoms with Crippen molar-refractivity contribution >= 4 is 11.9 Å². The summed E-state index contributed by atoms with van der Waals surface area (Å²) in [5.41, 5.74) is 1.11. The van der Waals surface area contributed by atoms with Gasteiger partial charge in [-0.15, -0.1) is 0 Å². The highest BCUT2D eigenvalue weighted by molar-refractivity contribution is 5.79. The molecule has 1 fully saturated rings. The first kappa shape index (κ1) is 16.5. The van der Waals surface area contributed by atoms with Gasteiger partial charge in [0.05, 0.1) is 13.1 Å². The standard InChI is InChI=1S/C17H24N2O3/c1-2-10-18(13-17(21)22)12-16(20)19(15-8-9-15)11-14-6-4-3-5-7-14/h3-7,15H,2,8-13H2,1H3,(H,21,22). The van der Waals surface area contributed by atoms with E-state index in [0.717, 1.165) is 24.8 Å². The van der Waals surface area contributed by atoms with Crippen LogP contribution in [0.5, 0.6) is 0 Å². The molecule has 0 heterocycles. The number of rotatable bonds is 9. The molecule has 5 heteroatoms. The highest BCUT2D eigenvalue weighted by Gasteiger charge is 2.33. The number of benzene rings is 1. The van der Waals surface area contributed by atoms with Crippen LogP contribution < -0.4 is 0 Å². The zero-order chi connectivity index (χ0) is 15.9. The summed E-state index contributed by atoms with van der Waals surface area (Å²) in [6.07, 6.45) is 2.93. The molecule has 1 aromatic rings. The second kappa shape index (κ2) is 7.94. The summed E-state index contributed by atoms with van der Waals surface area (Å²) < 4.78 is 0. The molecular formula is C17H24N2O3. The number of hydrogen-bond donors (Lipinski definition) is 1. The fraction of sp³-hybridized carbons (Fsp3) is 0.529. The van der Waals surface area contributed by atoms with Crippen molar-refractivity contribution in [1.82, 2.24) is 9.80 Å². The Balaban J connectivity index is 1.98. The van der Waals surface area contributed by atoms with Crippen LogP contribution in [0.1, 0.15) is 31.7 Å². The predicted molar refractivity (Wildman–Crippen MR) is 84.4 cm³/mol. The SMILES string of the molecule is CCCN(CC(=O)O)CC(=O)N(Cc1ccccc1)C1CC1. The Kier molecular flexibility index (Phi) is 5.95. The summed E-state index contributed by atoms with van der Waals surface area (Å²) in [7, 11) is 0. The van der Waals surface area contributed by atoms with E-state index in [1.807, 2.05) is 42.2 Å². The molecule has 0 unspecified atom stereocenters. The van der Waals surface area contributed by atoms with Crippen molar-refractivity contribution in [3.63, 3.8) is 0 Å². The molecule has 120 valence electrons. The van der Waals surface area contributed by atoms with Gasteiger partial charge in [-0.05, 0) is 31.4 Å². The molecule has 0 spiro atoms. The molecule has 0 aromatic heterocycles. The second-order valence-corrected chi connectivity index (χ2v) is 5.84. The summed E-state index contributed by atoms with van der Waals surface area (Å²) in [6, 6.07) is 10.3. The van der Waals surface area contributed by atoms with Crippen molar-refractivity contribution in [1.29, 1.82) is 0 Å². The summed E-state index contributed by atoms with van der Waals surface area (Å²) >= 11 is 0. The van der Waals surface area contributed by atoms with Gasteiger partial charge in [0.2, 0.25) is 5.91 Å². The predicted octanol–water partition coefficient (Wildman–Crippen LogP) is 1.97. The Hall–Kier alpha value is -1.88. The Morgan fingerprint density at radius 1 is 1.18 bits per heavy atom. The number of hydrogen-bond acceptors (Lipinski definition) is 3. The van der Waals surface area contributed by atoms with Crippen LogP contribution in [0.4, 0.5) is 0 Å². The van der Waals surface area contributed by atoms with Crippen molar-refractivity contribution in [2.24, 2.45) is 0 Å². The molecule has 22 heavy (non-hydrogen) atoms. The third-order valence-corrected chi connectivity index (χ3v) is 3.76. The van der Waals surface area contributed by atoms with E-state index in [1.54, 1.807) is 4.90 Å². The van der Waals surface area contributed by atoms with Gasteiger partial charge in [0, 0.05) is 12.6 Å². The molecule has 5 nitrogen and oxygen atoms in total. The fourth-order valence-corrected chi connectivity index (χ4v) is 2.59. The Labute approximate surface area is 131 Å². The third kappa shape index (κ3) is 5.15. The van der Waals surface area contributed by atoms with E-state index in [2.05, 4.69) is 0 Å². The maximum Gasteiger partial charge on any atom is 0.317 e. The van der Waals surface area contributed by atoms with Crippen molar-refractivity contribution in [3.05, 3.63) is 35.9 Å². The van der Waals surface area contributed by atoms with Crippen molar-refractivity contribution < 1.29 is 14.7 Å². The number of nitrogens with zero attached hydrogens (tertiary/aromatic N) is 2. The monoisotopic (exact) mass is 304 g/mol. The lowest BCUT2D eigenvalue weighted by atomic mass is 10.2. The first-order chi connectivity index (χ1) is 10.6. The molecule has 1 saturated carbocycles. The molecule has 1 aromatic carbocycles. The maximum absolute atomic E-state index is 12.6. The summed E-state index contributed by atoms with van der Waals surface area (Å²) in [5.74, 6) is -0.858. The van der Waals surface area contributed by atoms with E-state index < -0.39 is 5.97 Å². The van der Waals surface area contributed by atoms with Crippen LogP contribution in [-0.2, 0) is 16.1 Å². The molecule has 0 aliphatic heterocycles. The van der Waals surface area contributed by atoms with E-state index in [-0.39, 0.29) is 19.0 Å². The zero-order valence-electron chi connectivity index (χ0n) is 13.1. The molecule has 1 amide bonds. The summed E-state index contributed by atoms with van der Waals surface area (Å²) in [6.45, 7) is 3.33. The average molecular weight is 304 g/mol. The minimum Gasteiger partial charge on any atom is -0.480 e. The largest absolute Gasteiger partial charge is 0.480 e. The summed E-state index contributed by atoms with van der Waals surface area (Å²) in [4.78, 5) is 27.1. The van der Waals surface area contributed by atoms with Crippen LogP contribution in [0.2, 0.25) is 0 Å². The van der Waals surface area contributed by atoms with Gasteiger partial charge in [-0.3, -0.25) is 14.5 Å². The van der Waals surface area contributed by atoms with Gasteiger partial charge in [-0.25, -0.2) is 0 Å². The van der Waals surface area contributed by atoms with Gasteiger partial charge >= 0.3 is 5.97 Å². The van der Waals surface area contributed by atoms with Gasteiger partial charge in [-0.2, -0.15) is 0 Å². The molecule has 1 N–H and O–H groups in total. The van der Waals surface area contributed by atoms with Crippen LogP contribution in [0, 0.1) is 0 Å². The van der Waals surface area contributed by atoms with E-state index in [9.17, 15) is 9.59 Å². The van der Waals surface area contributed by atoms with Crippen molar-refractivity contribution in [2.75, 3.05) is 19.6 Å². The Morgan fingerprint density at radius 2 is 1.86 bits per heavy atom. The lowest BCUT2D eigenvalue weighted by molar-refractivity contribution is -0.140. The van der Waals surface area contributed by atoms with Crippen molar-refractivity contribution in [3.8, 4) is 0 Å². The number of carboxylic acid groups (broad SMARTS) is 1. The normalized spacial score (nSPS) is 14.1. The molecule has 0 bridgehead atoms. The van der Waals surface area contributed by atoms with Crippen LogP contribution >= 0.6 is 0 Å². The quantitative estimate of drug-likeness (QED) is 0.758. The molecule has 0 atom stereocenters. The van der Waals surface area contributed by atoms with Gasteiger partial charge in [0.15, 0.2) is 0 Å². The van der Waals surface area contributed by atoms with Gasteiger partial charge in [0.25, 0.3) is 0 Å². The highest BCUT2D eigenvalue weighted by Crippen LogP contribution is 2.28. The van der Waals surface area contributed by atoms with Crippen LogP contribution in [0.25, 0.3) is 0 Å². The Bertz CT molecular complexity index is 500. The first-order valence-electron chi connectivity index (χ1n) is 7.87. The molecule has 2 rings (SSSR count). The number of carbonyl (C=O) groups excluding carboxylic acids is 1. The minimum absolute atomic E-state index is 0.0288. The molecule has 1 aliphatic carbocycles. The number of carboxylic acids is 1. The van der Waals surface area contributed by atoms with Crippen LogP contribution in [0.3, 0.4) is 0 Å². The highest BCUT2D eigenvalue weighted by atomic mass is 16.4. The topological polar surface area (TPSA) is 60.9 Å². The van der Waals surface area contributed by atoms with Crippen LogP contribution in [0.15, 0.2) is 30.3 Å². The first-order valence-corrected chi connectivity index (χ1v) is 7.87. The van der Waals surface area contributed by atoms with Crippen molar-refractivity contribution in [2.45, 2.75) is 38.8 Å². The van der Waals surface area contributed by atoms with Gasteiger partial charge in [0.1, 0.15) is 0 Å². The third-order valence-electron chi connectivity index (χ3n) is 3.76. The molecule has 1 aliphatic rings. The zero-order valence-corrected chi connectivity index (χ0v) is 13.1. The van der Waals surface area contributed by atoms with E-state index in [1.165, 1.54) is 0 Å². The smallest absolute Gasteiger partial charge is 0.317 e. The van der Waals surface area contributed by atoms with E-state index in [4.69, 9.17) is 5.11 Å². The number of aliphatic carboxylic acids is 1. The average Bonchev–Trinajstić information content (AvgIpc) is 3.30. The van der Waals surface area contributed by atoms with Gasteiger partial charge < -0.3 is 10.0 Å². The van der Waals surface area contributed by atoms with E-state index >= 15 is 0 Å². The second-order valence-electron chi connectivity index (χ2n) is 5.84. The molecule has 0 radical (unpaired) electrons.